The summed E-state index contributed by atoms with van der Waals surface area (Å²) in [5.74, 6) is -0.579. The summed E-state index contributed by atoms with van der Waals surface area (Å²) in [7, 11) is 0. The van der Waals surface area contributed by atoms with E-state index in [1.54, 1.807) is 12.1 Å². The minimum Gasteiger partial charge on any atom is -0.480 e. The van der Waals surface area contributed by atoms with E-state index in [0.717, 1.165) is 24.0 Å². The number of ether oxygens (including phenoxy) is 1. The molecule has 0 aliphatic heterocycles. The standard InChI is InChI=1S/C34H51NO4/c1-2-3-4-5-6-7-8-9-10-11-12-13-14-15-19-22-33(36)39-31-25-23-29(24-26-31)27-32(34(37)38)35-28-30-20-17-16-18-21-30/h16-18,20-21,23-26,32,35H,2-15,19,22,27-28H2,1H3,(H,37,38)/t32-/m0/s1. The van der Waals surface area contributed by atoms with Crippen LogP contribution in [0.3, 0.4) is 0 Å². The van der Waals surface area contributed by atoms with Crippen LogP contribution >= 0.6 is 0 Å². The Kier molecular flexibility index (Phi) is 17.7. The Morgan fingerprint density at radius 1 is 0.692 bits per heavy atom. The van der Waals surface area contributed by atoms with Crippen LogP contribution < -0.4 is 10.1 Å². The molecule has 0 amide bonds. The second-order valence-electron chi connectivity index (χ2n) is 10.8. The van der Waals surface area contributed by atoms with E-state index < -0.39 is 12.0 Å². The summed E-state index contributed by atoms with van der Waals surface area (Å²) in [4.78, 5) is 23.9. The van der Waals surface area contributed by atoms with Gasteiger partial charge in [-0.1, -0.05) is 139 Å². The van der Waals surface area contributed by atoms with Crippen molar-refractivity contribution in [2.75, 3.05) is 0 Å². The topological polar surface area (TPSA) is 75.6 Å². The SMILES string of the molecule is CCCCCCCCCCCCCCCCCC(=O)Oc1ccc(C[C@H](NCc2ccccc2)C(=O)O)cc1. The maximum Gasteiger partial charge on any atom is 0.321 e. The lowest BCUT2D eigenvalue weighted by molar-refractivity contribution is -0.139. The number of benzene rings is 2. The van der Waals surface area contributed by atoms with Crippen LogP contribution in [0.2, 0.25) is 0 Å². The smallest absolute Gasteiger partial charge is 0.321 e. The second kappa shape index (κ2) is 21.2. The largest absolute Gasteiger partial charge is 0.480 e. The number of unbranched alkanes of at least 4 members (excludes halogenated alkanes) is 14. The molecule has 5 heteroatoms. The van der Waals surface area contributed by atoms with Crippen LogP contribution in [0.15, 0.2) is 54.6 Å². The maximum atomic E-state index is 12.2. The molecule has 0 spiro atoms. The van der Waals surface area contributed by atoms with Gasteiger partial charge in [-0.3, -0.25) is 9.59 Å². The number of carbonyl (C=O) groups excluding carboxylic acids is 1. The summed E-state index contributed by atoms with van der Waals surface area (Å²) in [6.45, 7) is 2.76. The molecule has 0 aliphatic carbocycles. The van der Waals surface area contributed by atoms with Crippen LogP contribution in [0.1, 0.15) is 121 Å². The Balaban J connectivity index is 1.50. The average Bonchev–Trinajstić information content (AvgIpc) is 2.94. The molecule has 0 aromatic heterocycles. The van der Waals surface area contributed by atoms with E-state index in [0.29, 0.717) is 25.1 Å². The molecule has 0 radical (unpaired) electrons. The lowest BCUT2D eigenvalue weighted by atomic mass is 10.0. The van der Waals surface area contributed by atoms with Crippen LogP contribution in [-0.4, -0.2) is 23.1 Å². The van der Waals surface area contributed by atoms with Crippen molar-refractivity contribution in [2.24, 2.45) is 0 Å². The number of rotatable bonds is 23. The molecule has 2 aromatic rings. The van der Waals surface area contributed by atoms with Gasteiger partial charge in [0.15, 0.2) is 0 Å². The molecule has 1 atom stereocenters. The Labute approximate surface area is 236 Å². The molecule has 0 saturated carbocycles. The molecule has 0 bridgehead atoms. The van der Waals surface area contributed by atoms with Crippen molar-refractivity contribution in [3.05, 3.63) is 65.7 Å². The first-order chi connectivity index (χ1) is 19.1. The van der Waals surface area contributed by atoms with E-state index in [2.05, 4.69) is 12.2 Å². The van der Waals surface area contributed by atoms with Gasteiger partial charge < -0.3 is 15.2 Å². The molecule has 2 N–H and O–H groups in total. The Morgan fingerprint density at radius 3 is 1.72 bits per heavy atom. The van der Waals surface area contributed by atoms with Crippen molar-refractivity contribution in [1.29, 1.82) is 0 Å². The van der Waals surface area contributed by atoms with Gasteiger partial charge in [-0.25, -0.2) is 0 Å². The third-order valence-corrected chi connectivity index (χ3v) is 7.27. The summed E-state index contributed by atoms with van der Waals surface area (Å²) in [5, 5.41) is 12.7. The highest BCUT2D eigenvalue weighted by atomic mass is 16.5. The highest BCUT2D eigenvalue weighted by molar-refractivity contribution is 5.74. The van der Waals surface area contributed by atoms with Crippen molar-refractivity contribution in [3.8, 4) is 5.75 Å². The van der Waals surface area contributed by atoms with Crippen LogP contribution in [-0.2, 0) is 22.6 Å². The van der Waals surface area contributed by atoms with E-state index in [-0.39, 0.29) is 5.97 Å². The lowest BCUT2D eigenvalue weighted by Gasteiger charge is -2.15. The third-order valence-electron chi connectivity index (χ3n) is 7.27. The first-order valence-electron chi connectivity index (χ1n) is 15.4. The maximum absolute atomic E-state index is 12.2. The molecular weight excluding hydrogens is 486 g/mol. The van der Waals surface area contributed by atoms with Crippen molar-refractivity contribution in [2.45, 2.75) is 129 Å². The number of carbonyl (C=O) groups is 2. The van der Waals surface area contributed by atoms with E-state index in [1.165, 1.54) is 83.5 Å². The molecule has 0 saturated heterocycles. The van der Waals surface area contributed by atoms with Crippen molar-refractivity contribution >= 4 is 11.9 Å². The van der Waals surface area contributed by atoms with Gasteiger partial charge in [0, 0.05) is 13.0 Å². The molecule has 0 fully saturated rings. The lowest BCUT2D eigenvalue weighted by Crippen LogP contribution is -2.38. The molecule has 0 aliphatic rings. The number of hydrogen-bond acceptors (Lipinski definition) is 4. The third kappa shape index (κ3) is 16.1. The van der Waals surface area contributed by atoms with Gasteiger partial charge in [-0.2, -0.15) is 0 Å². The molecule has 2 rings (SSSR count). The predicted molar refractivity (Wildman–Crippen MR) is 160 cm³/mol. The van der Waals surface area contributed by atoms with Gasteiger partial charge in [0.2, 0.25) is 0 Å². The molecule has 39 heavy (non-hydrogen) atoms. The van der Waals surface area contributed by atoms with Gasteiger partial charge >= 0.3 is 11.9 Å². The number of esters is 1. The fourth-order valence-corrected chi connectivity index (χ4v) is 4.84. The fourth-order valence-electron chi connectivity index (χ4n) is 4.84. The van der Waals surface area contributed by atoms with Gasteiger partial charge in [0.05, 0.1) is 0 Å². The Morgan fingerprint density at radius 2 is 1.21 bits per heavy atom. The second-order valence-corrected chi connectivity index (χ2v) is 10.8. The quantitative estimate of drug-likeness (QED) is 0.0843. The van der Waals surface area contributed by atoms with Crippen LogP contribution in [0, 0.1) is 0 Å². The normalized spacial score (nSPS) is 11.8. The summed E-state index contributed by atoms with van der Waals surface area (Å²) >= 11 is 0. The highest BCUT2D eigenvalue weighted by Gasteiger charge is 2.17. The predicted octanol–water partition coefficient (Wildman–Crippen LogP) is 8.64. The van der Waals surface area contributed by atoms with Crippen molar-refractivity contribution < 1.29 is 19.4 Å². The van der Waals surface area contributed by atoms with Crippen LogP contribution in [0.5, 0.6) is 5.75 Å². The van der Waals surface area contributed by atoms with Gasteiger partial charge in [-0.15, -0.1) is 0 Å². The summed E-state index contributed by atoms with van der Waals surface area (Å²) < 4.78 is 5.48. The van der Waals surface area contributed by atoms with E-state index >= 15 is 0 Å². The highest BCUT2D eigenvalue weighted by Crippen LogP contribution is 2.17. The molecule has 0 unspecified atom stereocenters. The van der Waals surface area contributed by atoms with Gasteiger partial charge in [0.1, 0.15) is 11.8 Å². The molecule has 5 nitrogen and oxygen atoms in total. The van der Waals surface area contributed by atoms with E-state index in [9.17, 15) is 14.7 Å². The fraction of sp³-hybridized carbons (Fsp3) is 0.588. The first kappa shape index (κ1) is 32.6. The average molecular weight is 538 g/mol. The van der Waals surface area contributed by atoms with Crippen LogP contribution in [0.25, 0.3) is 0 Å². The number of carboxylic acid groups (broad SMARTS) is 1. The van der Waals surface area contributed by atoms with E-state index in [4.69, 9.17) is 4.74 Å². The number of nitrogens with one attached hydrogen (secondary N) is 1. The first-order valence-corrected chi connectivity index (χ1v) is 15.4. The van der Waals surface area contributed by atoms with Gasteiger partial charge in [-0.05, 0) is 36.1 Å². The zero-order valence-electron chi connectivity index (χ0n) is 24.2. The summed E-state index contributed by atoms with van der Waals surface area (Å²) in [5.41, 5.74) is 1.92. The number of carboxylic acids is 1. The monoisotopic (exact) mass is 537 g/mol. The minimum absolute atomic E-state index is 0.203. The minimum atomic E-state index is -0.884. The van der Waals surface area contributed by atoms with Crippen LogP contribution in [0.4, 0.5) is 0 Å². The van der Waals surface area contributed by atoms with Crippen molar-refractivity contribution in [3.63, 3.8) is 0 Å². The van der Waals surface area contributed by atoms with Crippen molar-refractivity contribution in [1.82, 2.24) is 5.32 Å². The molecule has 0 heterocycles. The zero-order valence-corrected chi connectivity index (χ0v) is 24.2. The zero-order chi connectivity index (χ0) is 28.0. The van der Waals surface area contributed by atoms with E-state index in [1.807, 2.05) is 42.5 Å². The summed E-state index contributed by atoms with van der Waals surface area (Å²) in [6.07, 6.45) is 20.3. The number of aliphatic carboxylic acids is 1. The van der Waals surface area contributed by atoms with Gasteiger partial charge in [0.25, 0.3) is 0 Å². The molecule has 2 aromatic carbocycles. The molecule has 216 valence electrons. The Hall–Kier alpha value is -2.66. The summed E-state index contributed by atoms with van der Waals surface area (Å²) in [6, 6.07) is 16.2. The Bertz CT molecular complexity index is 897. The molecular formula is C34H51NO4. The number of hydrogen-bond donors (Lipinski definition) is 2.